The molecule has 0 heterocycles. The fourth-order valence-electron chi connectivity index (χ4n) is 2.95. The van der Waals surface area contributed by atoms with Gasteiger partial charge in [0.05, 0.1) is 5.75 Å². The topological polar surface area (TPSA) is 49.4 Å². The lowest BCUT2D eigenvalue weighted by molar-refractivity contribution is -0.139. The molecule has 168 valence electrons. The first-order valence-electron chi connectivity index (χ1n) is 10.2. The fraction of sp³-hybridized carbons (Fsp3) is 0.391. The second-order valence-corrected chi connectivity index (χ2v) is 9.57. The molecule has 0 aromatic heterocycles. The van der Waals surface area contributed by atoms with Gasteiger partial charge in [0.15, 0.2) is 0 Å². The zero-order chi connectivity index (χ0) is 23.0. The lowest BCUT2D eigenvalue weighted by atomic mass is 10.1. The number of halogens is 3. The zero-order valence-corrected chi connectivity index (χ0v) is 20.9. The first kappa shape index (κ1) is 25.9. The summed E-state index contributed by atoms with van der Waals surface area (Å²) in [5.74, 6) is -0.108. The second-order valence-electron chi connectivity index (χ2n) is 7.24. The molecule has 2 aromatic carbocycles. The number of nitrogens with one attached hydrogen (secondary N) is 1. The number of rotatable bonds is 10. The fourth-order valence-corrected chi connectivity index (χ4v) is 4.33. The van der Waals surface area contributed by atoms with Gasteiger partial charge in [-0.1, -0.05) is 54.7 Å². The van der Waals surface area contributed by atoms with Crippen molar-refractivity contribution in [2.24, 2.45) is 0 Å². The van der Waals surface area contributed by atoms with Crippen LogP contribution in [0.5, 0.6) is 0 Å². The van der Waals surface area contributed by atoms with Crippen LogP contribution in [0.3, 0.4) is 0 Å². The van der Waals surface area contributed by atoms with Crippen LogP contribution in [0.4, 0.5) is 0 Å². The summed E-state index contributed by atoms with van der Waals surface area (Å²) in [6, 6.07) is 11.9. The summed E-state index contributed by atoms with van der Waals surface area (Å²) in [6.07, 6.45) is 1.30. The van der Waals surface area contributed by atoms with Crippen LogP contribution in [0.15, 0.2) is 47.4 Å². The van der Waals surface area contributed by atoms with E-state index in [-0.39, 0.29) is 30.2 Å². The molecule has 8 heteroatoms. The molecule has 0 spiro atoms. The number of amides is 2. The summed E-state index contributed by atoms with van der Waals surface area (Å²) in [5.41, 5.74) is 0.741. The molecule has 2 atom stereocenters. The standard InChI is InChI=1S/C23H27Cl3N2O2S/c1-4-15(3)27-23(30)21(5-2)28(13-16-6-7-18(25)12-20(16)26)22(29)14-31-19-10-8-17(24)9-11-19/h6-12,15,21H,4-5,13-14H2,1-3H3,(H,27,30)/t15-,21+/m1/s1. The highest BCUT2D eigenvalue weighted by Crippen LogP contribution is 2.26. The van der Waals surface area contributed by atoms with Crippen molar-refractivity contribution in [3.63, 3.8) is 0 Å². The highest BCUT2D eigenvalue weighted by Gasteiger charge is 2.29. The predicted octanol–water partition coefficient (Wildman–Crippen LogP) is 6.46. The second kappa shape index (κ2) is 12.6. The Bertz CT molecular complexity index is 893. The molecular formula is C23H27Cl3N2O2S. The molecule has 0 aliphatic carbocycles. The minimum absolute atomic E-state index is 0.0288. The van der Waals surface area contributed by atoms with Crippen molar-refractivity contribution in [3.05, 3.63) is 63.1 Å². The molecule has 0 fully saturated rings. The van der Waals surface area contributed by atoms with E-state index in [1.807, 2.05) is 32.9 Å². The van der Waals surface area contributed by atoms with Gasteiger partial charge in [0.25, 0.3) is 0 Å². The highest BCUT2D eigenvalue weighted by molar-refractivity contribution is 8.00. The Labute approximate surface area is 203 Å². The number of benzene rings is 2. The van der Waals surface area contributed by atoms with Gasteiger partial charge in [-0.05, 0) is 61.7 Å². The summed E-state index contributed by atoms with van der Waals surface area (Å²) in [7, 11) is 0. The first-order valence-corrected chi connectivity index (χ1v) is 12.3. The first-order chi connectivity index (χ1) is 14.7. The van der Waals surface area contributed by atoms with E-state index < -0.39 is 6.04 Å². The van der Waals surface area contributed by atoms with E-state index in [0.29, 0.717) is 21.5 Å². The molecule has 2 aromatic rings. The normalized spacial score (nSPS) is 12.8. The van der Waals surface area contributed by atoms with Gasteiger partial charge in [0.2, 0.25) is 11.8 Å². The van der Waals surface area contributed by atoms with Gasteiger partial charge in [-0.2, -0.15) is 0 Å². The monoisotopic (exact) mass is 500 g/mol. The van der Waals surface area contributed by atoms with Gasteiger partial charge in [0, 0.05) is 32.5 Å². The third-order valence-corrected chi connectivity index (χ3v) is 6.75. The lowest BCUT2D eigenvalue weighted by Crippen LogP contribution is -2.51. The number of hydrogen-bond acceptors (Lipinski definition) is 3. The third-order valence-electron chi connectivity index (χ3n) is 4.92. The average Bonchev–Trinajstić information content (AvgIpc) is 2.74. The molecule has 0 radical (unpaired) electrons. The molecule has 0 saturated heterocycles. The summed E-state index contributed by atoms with van der Waals surface area (Å²) in [5, 5.41) is 4.62. The minimum Gasteiger partial charge on any atom is -0.352 e. The number of nitrogens with zero attached hydrogens (tertiary/aromatic N) is 1. The van der Waals surface area contributed by atoms with E-state index in [1.54, 1.807) is 35.2 Å². The molecular weight excluding hydrogens is 475 g/mol. The Balaban J connectivity index is 2.24. The maximum atomic E-state index is 13.3. The Morgan fingerprint density at radius 1 is 1.00 bits per heavy atom. The minimum atomic E-state index is -0.598. The van der Waals surface area contributed by atoms with Crippen LogP contribution >= 0.6 is 46.6 Å². The number of carbonyl (C=O) groups excluding carboxylic acids is 2. The van der Waals surface area contributed by atoms with Gasteiger partial charge in [-0.3, -0.25) is 9.59 Å². The van der Waals surface area contributed by atoms with Crippen LogP contribution in [0, 0.1) is 0 Å². The molecule has 0 aliphatic rings. The van der Waals surface area contributed by atoms with Crippen LogP contribution in [0.25, 0.3) is 0 Å². The van der Waals surface area contributed by atoms with Crippen LogP contribution < -0.4 is 5.32 Å². The molecule has 2 rings (SSSR count). The van der Waals surface area contributed by atoms with Gasteiger partial charge in [-0.25, -0.2) is 0 Å². The van der Waals surface area contributed by atoms with Crippen molar-refractivity contribution < 1.29 is 9.59 Å². The molecule has 0 saturated carbocycles. The van der Waals surface area contributed by atoms with E-state index in [9.17, 15) is 9.59 Å². The van der Waals surface area contributed by atoms with Crippen molar-refractivity contribution in [1.82, 2.24) is 10.2 Å². The quantitative estimate of drug-likeness (QED) is 0.380. The van der Waals surface area contributed by atoms with E-state index >= 15 is 0 Å². The molecule has 31 heavy (non-hydrogen) atoms. The third kappa shape index (κ3) is 7.90. The molecule has 0 unspecified atom stereocenters. The SMILES string of the molecule is CC[C@@H](C)NC(=O)[C@H](CC)N(Cc1ccc(Cl)cc1Cl)C(=O)CSc1ccc(Cl)cc1. The highest BCUT2D eigenvalue weighted by atomic mass is 35.5. The van der Waals surface area contributed by atoms with Crippen molar-refractivity contribution >= 4 is 58.4 Å². The van der Waals surface area contributed by atoms with Crippen LogP contribution in [-0.4, -0.2) is 34.6 Å². The Morgan fingerprint density at radius 3 is 2.23 bits per heavy atom. The predicted molar refractivity (Wildman–Crippen MR) is 131 cm³/mol. The smallest absolute Gasteiger partial charge is 0.243 e. The van der Waals surface area contributed by atoms with E-state index in [0.717, 1.165) is 16.9 Å². The van der Waals surface area contributed by atoms with E-state index in [1.165, 1.54) is 11.8 Å². The number of thioether (sulfide) groups is 1. The molecule has 4 nitrogen and oxygen atoms in total. The Kier molecular flexibility index (Phi) is 10.5. The van der Waals surface area contributed by atoms with E-state index in [2.05, 4.69) is 5.32 Å². The Morgan fingerprint density at radius 2 is 1.65 bits per heavy atom. The molecule has 1 N–H and O–H groups in total. The van der Waals surface area contributed by atoms with Crippen LogP contribution in [0.1, 0.15) is 39.2 Å². The van der Waals surface area contributed by atoms with Crippen LogP contribution in [0.2, 0.25) is 15.1 Å². The van der Waals surface area contributed by atoms with Crippen molar-refractivity contribution in [2.75, 3.05) is 5.75 Å². The molecule has 2 amide bonds. The van der Waals surface area contributed by atoms with Gasteiger partial charge in [-0.15, -0.1) is 11.8 Å². The van der Waals surface area contributed by atoms with Gasteiger partial charge < -0.3 is 10.2 Å². The average molecular weight is 502 g/mol. The largest absolute Gasteiger partial charge is 0.352 e. The van der Waals surface area contributed by atoms with Gasteiger partial charge in [0.1, 0.15) is 6.04 Å². The van der Waals surface area contributed by atoms with Crippen molar-refractivity contribution in [1.29, 1.82) is 0 Å². The van der Waals surface area contributed by atoms with Crippen molar-refractivity contribution in [3.8, 4) is 0 Å². The van der Waals surface area contributed by atoms with E-state index in [4.69, 9.17) is 34.8 Å². The molecule has 0 aliphatic heterocycles. The molecule has 0 bridgehead atoms. The number of carbonyl (C=O) groups is 2. The summed E-state index contributed by atoms with van der Waals surface area (Å²) in [6.45, 7) is 6.08. The number of hydrogen-bond donors (Lipinski definition) is 1. The van der Waals surface area contributed by atoms with Crippen LogP contribution in [-0.2, 0) is 16.1 Å². The maximum Gasteiger partial charge on any atom is 0.243 e. The summed E-state index contributed by atoms with van der Waals surface area (Å²) >= 11 is 19.7. The maximum absolute atomic E-state index is 13.3. The Hall–Kier alpha value is -1.40. The summed E-state index contributed by atoms with van der Waals surface area (Å²) < 4.78 is 0. The zero-order valence-electron chi connectivity index (χ0n) is 17.8. The van der Waals surface area contributed by atoms with Gasteiger partial charge >= 0.3 is 0 Å². The lowest BCUT2D eigenvalue weighted by Gasteiger charge is -2.31. The van der Waals surface area contributed by atoms with Crippen molar-refractivity contribution in [2.45, 2.75) is 57.1 Å². The summed E-state index contributed by atoms with van der Waals surface area (Å²) in [4.78, 5) is 28.7.